The van der Waals surface area contributed by atoms with E-state index in [2.05, 4.69) is 30.9 Å². The summed E-state index contributed by atoms with van der Waals surface area (Å²) in [6, 6.07) is 0.499. The van der Waals surface area contributed by atoms with Crippen LogP contribution in [0.1, 0.15) is 26.2 Å². The minimum Gasteiger partial charge on any atom is -0.328 e. The van der Waals surface area contributed by atoms with Gasteiger partial charge in [0.15, 0.2) is 11.2 Å². The fraction of sp³-hybridized carbons (Fsp3) is 0.667. The van der Waals surface area contributed by atoms with E-state index in [1.807, 2.05) is 0 Å². The van der Waals surface area contributed by atoms with E-state index in [9.17, 15) is 9.59 Å². The highest BCUT2D eigenvalue weighted by Crippen LogP contribution is 2.06. The molecular weight excluding hydrogens is 282 g/mol. The van der Waals surface area contributed by atoms with E-state index < -0.39 is 0 Å². The molecule has 2 rings (SSSR count). The molecule has 2 aromatic rings. The Morgan fingerprint density at radius 2 is 1.91 bits per heavy atom. The molecule has 7 heteroatoms. The second-order valence-electron chi connectivity index (χ2n) is 6.13. The van der Waals surface area contributed by atoms with Crippen molar-refractivity contribution in [2.75, 3.05) is 14.1 Å². The summed E-state index contributed by atoms with van der Waals surface area (Å²) in [4.78, 5) is 31.1. The van der Waals surface area contributed by atoms with Crippen molar-refractivity contribution >= 4 is 11.2 Å². The molecule has 0 aliphatic heterocycles. The van der Waals surface area contributed by atoms with Gasteiger partial charge in [-0.2, -0.15) is 0 Å². The third-order valence-electron chi connectivity index (χ3n) is 4.34. The summed E-state index contributed by atoms with van der Waals surface area (Å²) in [5.41, 5.74) is 0.370. The van der Waals surface area contributed by atoms with E-state index in [-0.39, 0.29) is 11.2 Å². The summed E-state index contributed by atoms with van der Waals surface area (Å²) in [6.45, 7) is 2.62. The first-order valence-electron chi connectivity index (χ1n) is 7.62. The largest absolute Gasteiger partial charge is 0.332 e. The normalized spacial score (nSPS) is 13.2. The molecule has 0 spiro atoms. The summed E-state index contributed by atoms with van der Waals surface area (Å²) in [5, 5.41) is 0. The highest BCUT2D eigenvalue weighted by molar-refractivity contribution is 5.69. The Morgan fingerprint density at radius 3 is 2.55 bits per heavy atom. The summed E-state index contributed by atoms with van der Waals surface area (Å²) in [7, 11) is 7.54. The van der Waals surface area contributed by atoms with Gasteiger partial charge in [0, 0.05) is 26.7 Å². The van der Waals surface area contributed by atoms with Gasteiger partial charge in [0.1, 0.15) is 0 Å². The van der Waals surface area contributed by atoms with Crippen molar-refractivity contribution in [3.05, 3.63) is 27.2 Å². The van der Waals surface area contributed by atoms with Gasteiger partial charge < -0.3 is 9.47 Å². The number of aryl methyl sites for hydroxylation is 2. The molecule has 0 aliphatic rings. The first-order chi connectivity index (χ1) is 10.3. The second kappa shape index (κ2) is 6.48. The standard InChI is InChI=1S/C15H25N5O2/c1-11(17(2)3)8-6-7-9-20-14(21)12-13(16-10-18(12)4)19(5)15(20)22/h10-11H,6-9H2,1-5H3/t11-/m1/s1. The molecule has 122 valence electrons. The fourth-order valence-corrected chi connectivity index (χ4v) is 2.56. The van der Waals surface area contributed by atoms with E-state index in [0.29, 0.717) is 23.8 Å². The summed E-state index contributed by atoms with van der Waals surface area (Å²) in [6.07, 6.45) is 4.42. The Kier molecular flexibility index (Phi) is 4.85. The Hall–Kier alpha value is -1.89. The van der Waals surface area contributed by atoms with Crippen LogP contribution in [0.25, 0.3) is 11.2 Å². The van der Waals surface area contributed by atoms with Crippen LogP contribution >= 0.6 is 0 Å². The minimum absolute atomic E-state index is 0.251. The van der Waals surface area contributed by atoms with Gasteiger partial charge in [0.2, 0.25) is 0 Å². The number of rotatable bonds is 6. The number of aromatic nitrogens is 4. The van der Waals surface area contributed by atoms with E-state index in [1.165, 1.54) is 9.13 Å². The van der Waals surface area contributed by atoms with Crippen LogP contribution in [-0.2, 0) is 20.6 Å². The molecule has 0 N–H and O–H groups in total. The van der Waals surface area contributed by atoms with E-state index in [0.717, 1.165) is 19.3 Å². The average molecular weight is 307 g/mol. The predicted molar refractivity (Wildman–Crippen MR) is 87.2 cm³/mol. The maximum absolute atomic E-state index is 12.5. The van der Waals surface area contributed by atoms with Crippen molar-refractivity contribution in [1.29, 1.82) is 0 Å². The minimum atomic E-state index is -0.295. The summed E-state index contributed by atoms with van der Waals surface area (Å²) in [5.74, 6) is 0. The van der Waals surface area contributed by atoms with Gasteiger partial charge in [-0.05, 0) is 33.9 Å². The molecule has 2 aromatic heterocycles. The van der Waals surface area contributed by atoms with Crippen LogP contribution < -0.4 is 11.2 Å². The number of hydrogen-bond donors (Lipinski definition) is 0. The van der Waals surface area contributed by atoms with Crippen molar-refractivity contribution in [2.45, 2.75) is 38.8 Å². The summed E-state index contributed by atoms with van der Waals surface area (Å²) >= 11 is 0. The van der Waals surface area contributed by atoms with Gasteiger partial charge in [0.25, 0.3) is 5.56 Å². The Bertz CT molecular complexity index is 769. The highest BCUT2D eigenvalue weighted by Gasteiger charge is 2.14. The molecule has 0 aliphatic carbocycles. The third kappa shape index (κ3) is 2.99. The van der Waals surface area contributed by atoms with Crippen molar-refractivity contribution in [3.8, 4) is 0 Å². The lowest BCUT2D eigenvalue weighted by molar-refractivity contribution is 0.290. The maximum atomic E-state index is 12.5. The smallest absolute Gasteiger partial charge is 0.328 e. The predicted octanol–water partition coefficient (Wildman–Crippen LogP) is 0.554. The maximum Gasteiger partial charge on any atom is 0.332 e. The molecule has 0 bridgehead atoms. The number of nitrogens with zero attached hydrogens (tertiary/aromatic N) is 5. The first kappa shape index (κ1) is 16.5. The van der Waals surface area contributed by atoms with Gasteiger partial charge in [-0.1, -0.05) is 6.42 Å². The second-order valence-corrected chi connectivity index (χ2v) is 6.13. The molecule has 22 heavy (non-hydrogen) atoms. The number of imidazole rings is 1. The number of hydrogen-bond acceptors (Lipinski definition) is 4. The van der Waals surface area contributed by atoms with Crippen LogP contribution in [-0.4, -0.2) is 43.7 Å². The van der Waals surface area contributed by atoms with E-state index >= 15 is 0 Å². The van der Waals surface area contributed by atoms with Crippen molar-refractivity contribution in [2.24, 2.45) is 14.1 Å². The van der Waals surface area contributed by atoms with Gasteiger partial charge in [-0.25, -0.2) is 9.78 Å². The molecular formula is C15H25N5O2. The lowest BCUT2D eigenvalue weighted by Crippen LogP contribution is -2.39. The fourth-order valence-electron chi connectivity index (χ4n) is 2.56. The van der Waals surface area contributed by atoms with Gasteiger partial charge in [-0.3, -0.25) is 13.9 Å². The molecule has 2 heterocycles. The van der Waals surface area contributed by atoms with Crippen molar-refractivity contribution in [1.82, 2.24) is 23.6 Å². The third-order valence-corrected chi connectivity index (χ3v) is 4.34. The number of fused-ring (bicyclic) bond motifs is 1. The lowest BCUT2D eigenvalue weighted by Gasteiger charge is -2.19. The molecule has 0 radical (unpaired) electrons. The molecule has 0 amide bonds. The molecule has 0 saturated carbocycles. The number of unbranched alkanes of at least 4 members (excludes halogenated alkanes) is 1. The molecule has 0 aromatic carbocycles. The van der Waals surface area contributed by atoms with Crippen molar-refractivity contribution in [3.63, 3.8) is 0 Å². The van der Waals surface area contributed by atoms with Crippen LogP contribution in [0.4, 0.5) is 0 Å². The summed E-state index contributed by atoms with van der Waals surface area (Å²) < 4.78 is 4.44. The van der Waals surface area contributed by atoms with E-state index in [1.54, 1.807) is 25.0 Å². The van der Waals surface area contributed by atoms with Crippen molar-refractivity contribution < 1.29 is 0 Å². The highest BCUT2D eigenvalue weighted by atomic mass is 16.2. The van der Waals surface area contributed by atoms with Crippen LogP contribution in [0.3, 0.4) is 0 Å². The SMILES string of the molecule is C[C@H](CCCCn1c(=O)c2c(ncn2C)n(C)c1=O)N(C)C. The van der Waals surface area contributed by atoms with Crippen LogP contribution in [0.15, 0.2) is 15.9 Å². The quantitative estimate of drug-likeness (QED) is 0.731. The average Bonchev–Trinajstić information content (AvgIpc) is 2.85. The molecule has 0 fully saturated rings. The zero-order valence-corrected chi connectivity index (χ0v) is 14.0. The van der Waals surface area contributed by atoms with Gasteiger partial charge in [-0.15, -0.1) is 0 Å². The molecule has 7 nitrogen and oxygen atoms in total. The Morgan fingerprint density at radius 1 is 1.23 bits per heavy atom. The zero-order valence-electron chi connectivity index (χ0n) is 14.0. The molecule has 0 unspecified atom stereocenters. The molecule has 0 saturated heterocycles. The first-order valence-corrected chi connectivity index (χ1v) is 7.62. The Labute approximate surface area is 129 Å². The topological polar surface area (TPSA) is 65.1 Å². The monoisotopic (exact) mass is 307 g/mol. The zero-order chi connectivity index (χ0) is 16.4. The molecule has 1 atom stereocenters. The van der Waals surface area contributed by atoms with Gasteiger partial charge in [0.05, 0.1) is 6.33 Å². The van der Waals surface area contributed by atoms with Crippen LogP contribution in [0.2, 0.25) is 0 Å². The Balaban J connectivity index is 2.20. The lowest BCUT2D eigenvalue weighted by atomic mass is 10.1. The van der Waals surface area contributed by atoms with Crippen LogP contribution in [0.5, 0.6) is 0 Å². The van der Waals surface area contributed by atoms with Crippen LogP contribution in [0, 0.1) is 0 Å². The van der Waals surface area contributed by atoms with E-state index in [4.69, 9.17) is 0 Å². The van der Waals surface area contributed by atoms with Gasteiger partial charge >= 0.3 is 5.69 Å².